The minimum atomic E-state index is -0.561. The monoisotopic (exact) mass is 300 g/mol. The van der Waals surface area contributed by atoms with Gasteiger partial charge in [-0.3, -0.25) is 0 Å². The van der Waals surface area contributed by atoms with E-state index in [1.165, 1.54) is 6.08 Å². The van der Waals surface area contributed by atoms with E-state index >= 15 is 0 Å². The normalized spacial score (nSPS) is 12.5. The van der Waals surface area contributed by atoms with Crippen molar-refractivity contribution in [3.8, 4) is 6.07 Å². The highest BCUT2D eigenvalue weighted by molar-refractivity contribution is 5.97. The third-order valence-electron chi connectivity index (χ3n) is 3.58. The molecule has 1 atom stereocenters. The van der Waals surface area contributed by atoms with Crippen LogP contribution in [-0.4, -0.2) is 12.6 Å². The average molecular weight is 300 g/mol. The number of carbonyl (C=O) groups is 1. The van der Waals surface area contributed by atoms with Crippen molar-refractivity contribution >= 4 is 17.7 Å². The molecule has 1 rings (SSSR count). The summed E-state index contributed by atoms with van der Waals surface area (Å²) in [5.74, 6) is -0.199. The summed E-state index contributed by atoms with van der Waals surface area (Å²) in [6.07, 6.45) is 5.79. The molecule has 22 heavy (non-hydrogen) atoms. The summed E-state index contributed by atoms with van der Waals surface area (Å²) in [7, 11) is 0. The Balaban J connectivity index is 2.64. The average Bonchev–Trinajstić information content (AvgIpc) is 2.54. The van der Waals surface area contributed by atoms with E-state index < -0.39 is 5.97 Å². The van der Waals surface area contributed by atoms with Crippen LogP contribution in [0.2, 0.25) is 0 Å². The van der Waals surface area contributed by atoms with Crippen LogP contribution in [0.4, 0.5) is 5.69 Å². The summed E-state index contributed by atoms with van der Waals surface area (Å²) in [4.78, 5) is 12.0. The Morgan fingerprint density at radius 3 is 2.59 bits per heavy atom. The van der Waals surface area contributed by atoms with E-state index in [2.05, 4.69) is 13.8 Å². The fraction of sp³-hybridized carbons (Fsp3) is 0.444. The second kappa shape index (κ2) is 9.62. The molecule has 0 aromatic heterocycles. The van der Waals surface area contributed by atoms with Gasteiger partial charge >= 0.3 is 5.97 Å². The van der Waals surface area contributed by atoms with Crippen LogP contribution in [0.15, 0.2) is 29.8 Å². The molecule has 1 unspecified atom stereocenters. The van der Waals surface area contributed by atoms with Crippen LogP contribution < -0.4 is 5.73 Å². The van der Waals surface area contributed by atoms with E-state index in [1.807, 2.05) is 6.07 Å². The largest absolute Gasteiger partial charge is 0.461 e. The third kappa shape index (κ3) is 6.01. The van der Waals surface area contributed by atoms with Crippen molar-refractivity contribution in [2.24, 2.45) is 5.92 Å². The predicted molar refractivity (Wildman–Crippen MR) is 88.7 cm³/mol. The smallest absolute Gasteiger partial charge is 0.348 e. The van der Waals surface area contributed by atoms with Gasteiger partial charge in [0.25, 0.3) is 0 Å². The lowest BCUT2D eigenvalue weighted by atomic mass is 10.0. The molecule has 0 amide bonds. The van der Waals surface area contributed by atoms with Crippen molar-refractivity contribution in [1.29, 1.82) is 5.26 Å². The molecular weight excluding hydrogens is 276 g/mol. The molecule has 0 aliphatic rings. The van der Waals surface area contributed by atoms with E-state index in [0.717, 1.165) is 31.2 Å². The van der Waals surface area contributed by atoms with E-state index in [9.17, 15) is 4.79 Å². The zero-order valence-corrected chi connectivity index (χ0v) is 13.3. The van der Waals surface area contributed by atoms with Gasteiger partial charge in [-0.2, -0.15) is 5.26 Å². The first-order valence-electron chi connectivity index (χ1n) is 7.75. The molecule has 0 aliphatic carbocycles. The van der Waals surface area contributed by atoms with Crippen molar-refractivity contribution in [1.82, 2.24) is 0 Å². The van der Waals surface area contributed by atoms with Crippen LogP contribution in [0.3, 0.4) is 0 Å². The lowest BCUT2D eigenvalue weighted by Gasteiger charge is -2.14. The predicted octanol–water partition coefficient (Wildman–Crippen LogP) is 3.94. The number of benzene rings is 1. The molecule has 118 valence electrons. The van der Waals surface area contributed by atoms with Crippen molar-refractivity contribution in [3.63, 3.8) is 0 Å². The summed E-state index contributed by atoms with van der Waals surface area (Å²) < 4.78 is 5.29. The summed E-state index contributed by atoms with van der Waals surface area (Å²) in [5, 5.41) is 9.13. The first kappa shape index (κ1) is 17.8. The Kier molecular flexibility index (Phi) is 7.77. The number of nitrogens with zero attached hydrogens (tertiary/aromatic N) is 1. The Morgan fingerprint density at radius 2 is 2.05 bits per heavy atom. The number of nitriles is 1. The molecule has 1 aromatic carbocycles. The minimum absolute atomic E-state index is 0.00937. The lowest BCUT2D eigenvalue weighted by Crippen LogP contribution is -2.15. The Bertz CT molecular complexity index is 541. The van der Waals surface area contributed by atoms with Crippen LogP contribution in [0, 0.1) is 17.2 Å². The molecule has 4 heteroatoms. The Morgan fingerprint density at radius 1 is 1.36 bits per heavy atom. The molecule has 0 aliphatic heterocycles. The van der Waals surface area contributed by atoms with Crippen LogP contribution in [-0.2, 0) is 9.53 Å². The number of nitrogens with two attached hydrogens (primary N) is 1. The molecule has 0 saturated carbocycles. The molecule has 0 bridgehead atoms. The number of esters is 1. The maximum atomic E-state index is 12.0. The number of carbonyl (C=O) groups excluding carboxylic acids is 1. The molecule has 1 aromatic rings. The summed E-state index contributed by atoms with van der Waals surface area (Å²) in [6.45, 7) is 4.60. The minimum Gasteiger partial charge on any atom is -0.461 e. The molecule has 0 saturated heterocycles. The maximum Gasteiger partial charge on any atom is 0.348 e. The van der Waals surface area contributed by atoms with Gasteiger partial charge in [0.2, 0.25) is 0 Å². The second-order valence-electron chi connectivity index (χ2n) is 5.35. The first-order valence-corrected chi connectivity index (χ1v) is 7.75. The van der Waals surface area contributed by atoms with Gasteiger partial charge < -0.3 is 10.5 Å². The fourth-order valence-corrected chi connectivity index (χ4v) is 2.07. The number of hydrogen-bond donors (Lipinski definition) is 1. The van der Waals surface area contributed by atoms with Crippen LogP contribution in [0.5, 0.6) is 0 Å². The maximum absolute atomic E-state index is 12.0. The van der Waals surface area contributed by atoms with E-state index in [-0.39, 0.29) is 5.57 Å². The van der Waals surface area contributed by atoms with Crippen LogP contribution in [0.1, 0.15) is 45.1 Å². The Hall–Kier alpha value is -2.28. The van der Waals surface area contributed by atoms with Crippen LogP contribution in [0.25, 0.3) is 6.08 Å². The van der Waals surface area contributed by atoms with E-state index in [1.54, 1.807) is 24.3 Å². The quantitative estimate of drug-likeness (QED) is 0.341. The molecule has 4 nitrogen and oxygen atoms in total. The van der Waals surface area contributed by atoms with Gasteiger partial charge in [-0.05, 0) is 36.1 Å². The van der Waals surface area contributed by atoms with Gasteiger partial charge in [0.1, 0.15) is 11.6 Å². The van der Waals surface area contributed by atoms with E-state index in [0.29, 0.717) is 18.2 Å². The van der Waals surface area contributed by atoms with Gasteiger partial charge in [-0.25, -0.2) is 4.79 Å². The second-order valence-corrected chi connectivity index (χ2v) is 5.35. The number of ether oxygens (including phenoxy) is 1. The van der Waals surface area contributed by atoms with Crippen LogP contribution >= 0.6 is 0 Å². The highest BCUT2D eigenvalue weighted by atomic mass is 16.5. The highest BCUT2D eigenvalue weighted by Gasteiger charge is 2.14. The number of hydrogen-bond acceptors (Lipinski definition) is 4. The zero-order valence-electron chi connectivity index (χ0n) is 13.3. The number of nitrogen functional groups attached to an aromatic ring is 1. The molecule has 0 spiro atoms. The number of rotatable bonds is 8. The fourth-order valence-electron chi connectivity index (χ4n) is 2.07. The summed E-state index contributed by atoms with van der Waals surface area (Å²) in [5.41, 5.74) is 7.01. The molecule has 0 radical (unpaired) electrons. The number of unbranched alkanes of at least 4 members (excludes halogenated alkanes) is 1. The molecule has 2 N–H and O–H groups in total. The first-order chi connectivity index (χ1) is 10.6. The van der Waals surface area contributed by atoms with Crippen molar-refractivity contribution in [2.45, 2.75) is 39.5 Å². The third-order valence-corrected chi connectivity index (χ3v) is 3.58. The van der Waals surface area contributed by atoms with Crippen molar-refractivity contribution < 1.29 is 9.53 Å². The molecular formula is C18H24N2O2. The topological polar surface area (TPSA) is 76.1 Å². The lowest BCUT2D eigenvalue weighted by molar-refractivity contribution is -0.139. The SMILES string of the molecule is CCCCC(CC)COC(=O)/C(C#N)=C\c1ccc(N)cc1. The zero-order chi connectivity index (χ0) is 16.4. The van der Waals surface area contributed by atoms with Crippen molar-refractivity contribution in [3.05, 3.63) is 35.4 Å². The Labute approximate surface area is 132 Å². The molecule has 0 heterocycles. The van der Waals surface area contributed by atoms with Gasteiger partial charge in [-0.1, -0.05) is 45.2 Å². The standard InChI is InChI=1S/C18H24N2O2/c1-3-5-6-14(4-2)13-22-18(21)16(12-19)11-15-7-9-17(20)10-8-15/h7-11,14H,3-6,13,20H2,1-2H3/b16-11-. The summed E-state index contributed by atoms with van der Waals surface area (Å²) >= 11 is 0. The summed E-state index contributed by atoms with van der Waals surface area (Å²) in [6, 6.07) is 8.88. The number of anilines is 1. The van der Waals surface area contributed by atoms with Gasteiger partial charge in [-0.15, -0.1) is 0 Å². The van der Waals surface area contributed by atoms with Gasteiger partial charge in [0.05, 0.1) is 6.61 Å². The highest BCUT2D eigenvalue weighted by Crippen LogP contribution is 2.15. The molecule has 0 fully saturated rings. The van der Waals surface area contributed by atoms with Gasteiger partial charge in [0.15, 0.2) is 0 Å². The van der Waals surface area contributed by atoms with E-state index in [4.69, 9.17) is 15.7 Å². The van der Waals surface area contributed by atoms with Gasteiger partial charge in [0, 0.05) is 5.69 Å². The van der Waals surface area contributed by atoms with Crippen molar-refractivity contribution in [2.75, 3.05) is 12.3 Å².